The van der Waals surface area contributed by atoms with Crippen LogP contribution in [0.15, 0.2) is 23.2 Å². The van der Waals surface area contributed by atoms with Crippen molar-refractivity contribution in [2.75, 3.05) is 40.0 Å². The molecule has 0 amide bonds. The van der Waals surface area contributed by atoms with Crippen molar-refractivity contribution in [3.05, 3.63) is 23.8 Å². The molecular formula is C19H29N2O3+. The van der Waals surface area contributed by atoms with Gasteiger partial charge in [0.2, 0.25) is 0 Å². The highest BCUT2D eigenvalue weighted by atomic mass is 16.5. The number of hydrogen-bond donors (Lipinski definition) is 2. The number of ether oxygens (including phenoxy) is 2. The number of hydrogen-bond acceptors (Lipinski definition) is 4. The SMILES string of the molecule is COc1cccc(C=NCC2([NH+]3CCOCC3)CCCCC2)c1O. The average molecular weight is 333 g/mol. The molecule has 3 rings (SSSR count). The maximum atomic E-state index is 10.2. The van der Waals surface area contributed by atoms with E-state index < -0.39 is 0 Å². The van der Waals surface area contributed by atoms with Gasteiger partial charge in [-0.3, -0.25) is 4.99 Å². The van der Waals surface area contributed by atoms with Crippen molar-refractivity contribution in [2.24, 2.45) is 4.99 Å². The summed E-state index contributed by atoms with van der Waals surface area (Å²) in [5, 5.41) is 10.2. The maximum absolute atomic E-state index is 10.2. The van der Waals surface area contributed by atoms with Gasteiger partial charge in [-0.05, 0) is 25.0 Å². The highest BCUT2D eigenvalue weighted by Crippen LogP contribution is 2.29. The number of rotatable bonds is 5. The van der Waals surface area contributed by atoms with E-state index in [1.54, 1.807) is 24.3 Å². The molecule has 0 spiro atoms. The molecule has 1 saturated carbocycles. The van der Waals surface area contributed by atoms with Gasteiger partial charge < -0.3 is 19.5 Å². The largest absolute Gasteiger partial charge is 0.504 e. The maximum Gasteiger partial charge on any atom is 0.166 e. The predicted octanol–water partition coefficient (Wildman–Crippen LogP) is 1.44. The number of methoxy groups -OCH3 is 1. The van der Waals surface area contributed by atoms with E-state index in [2.05, 4.69) is 0 Å². The summed E-state index contributed by atoms with van der Waals surface area (Å²) >= 11 is 0. The van der Waals surface area contributed by atoms with Gasteiger partial charge in [-0.25, -0.2) is 0 Å². The van der Waals surface area contributed by atoms with Crippen LogP contribution in [0.5, 0.6) is 11.5 Å². The van der Waals surface area contributed by atoms with Gasteiger partial charge in [0.05, 0.1) is 26.9 Å². The molecule has 5 nitrogen and oxygen atoms in total. The average Bonchev–Trinajstić information content (AvgIpc) is 2.65. The summed E-state index contributed by atoms with van der Waals surface area (Å²) in [5.74, 6) is 0.658. The van der Waals surface area contributed by atoms with E-state index in [9.17, 15) is 5.11 Å². The third-order valence-electron chi connectivity index (χ3n) is 5.53. The first-order valence-electron chi connectivity index (χ1n) is 9.04. The number of para-hydroxylation sites is 1. The lowest BCUT2D eigenvalue weighted by Gasteiger charge is -2.44. The monoisotopic (exact) mass is 333 g/mol. The Bertz CT molecular complexity index is 562. The lowest BCUT2D eigenvalue weighted by atomic mass is 9.80. The number of quaternary nitrogens is 1. The highest BCUT2D eigenvalue weighted by Gasteiger charge is 2.42. The fraction of sp³-hybridized carbons (Fsp3) is 0.632. The Labute approximate surface area is 144 Å². The quantitative estimate of drug-likeness (QED) is 0.802. The van der Waals surface area contributed by atoms with Crippen molar-refractivity contribution in [2.45, 2.75) is 37.6 Å². The van der Waals surface area contributed by atoms with Crippen LogP contribution in [0, 0.1) is 0 Å². The van der Waals surface area contributed by atoms with Crippen molar-refractivity contribution < 1.29 is 19.5 Å². The van der Waals surface area contributed by atoms with E-state index in [4.69, 9.17) is 14.5 Å². The van der Waals surface area contributed by atoms with Crippen LogP contribution >= 0.6 is 0 Å². The van der Waals surface area contributed by atoms with Gasteiger partial charge in [0, 0.05) is 24.6 Å². The van der Waals surface area contributed by atoms with Gasteiger partial charge in [0.15, 0.2) is 11.5 Å². The van der Waals surface area contributed by atoms with Crippen LogP contribution < -0.4 is 9.64 Å². The minimum absolute atomic E-state index is 0.167. The van der Waals surface area contributed by atoms with Crippen LogP contribution in [0.1, 0.15) is 37.7 Å². The summed E-state index contributed by atoms with van der Waals surface area (Å²) in [6, 6.07) is 5.51. The van der Waals surface area contributed by atoms with E-state index in [0.29, 0.717) is 5.75 Å². The molecule has 24 heavy (non-hydrogen) atoms. The highest BCUT2D eigenvalue weighted by molar-refractivity contribution is 5.84. The molecule has 1 aromatic carbocycles. The Hall–Kier alpha value is -1.59. The van der Waals surface area contributed by atoms with E-state index in [1.807, 2.05) is 12.1 Å². The lowest BCUT2D eigenvalue weighted by Crippen LogP contribution is -3.22. The third kappa shape index (κ3) is 3.73. The molecule has 2 aliphatic rings. The molecule has 2 N–H and O–H groups in total. The minimum Gasteiger partial charge on any atom is -0.504 e. The molecule has 1 saturated heterocycles. The zero-order valence-electron chi connectivity index (χ0n) is 14.6. The fourth-order valence-corrected chi connectivity index (χ4v) is 4.13. The van der Waals surface area contributed by atoms with Gasteiger partial charge >= 0.3 is 0 Å². The van der Waals surface area contributed by atoms with Crippen molar-refractivity contribution >= 4 is 6.21 Å². The molecule has 132 valence electrons. The topological polar surface area (TPSA) is 55.5 Å². The Morgan fingerprint density at radius 1 is 1.25 bits per heavy atom. The molecular weight excluding hydrogens is 304 g/mol. The third-order valence-corrected chi connectivity index (χ3v) is 5.53. The molecule has 0 aromatic heterocycles. The van der Waals surface area contributed by atoms with Crippen LogP contribution in [0.25, 0.3) is 0 Å². The lowest BCUT2D eigenvalue weighted by molar-refractivity contribution is -0.959. The molecule has 0 atom stereocenters. The standard InChI is InChI=1S/C19H28N2O3/c1-23-17-7-5-6-16(18(17)22)14-20-15-19(8-3-2-4-9-19)21-10-12-24-13-11-21/h5-7,14,22H,2-4,8-13,15H2,1H3/p+1. The molecule has 0 bridgehead atoms. The van der Waals surface area contributed by atoms with Crippen LogP contribution in [0.4, 0.5) is 0 Å². The van der Waals surface area contributed by atoms with Gasteiger partial charge in [0.1, 0.15) is 18.6 Å². The fourth-order valence-electron chi connectivity index (χ4n) is 4.13. The minimum atomic E-state index is 0.167. The number of phenolic OH excluding ortho intramolecular Hbond substituents is 1. The number of benzene rings is 1. The summed E-state index contributed by atoms with van der Waals surface area (Å²) in [5.41, 5.74) is 0.963. The Morgan fingerprint density at radius 2 is 2.00 bits per heavy atom. The van der Waals surface area contributed by atoms with Crippen molar-refractivity contribution in [3.63, 3.8) is 0 Å². The number of phenols is 1. The van der Waals surface area contributed by atoms with Gasteiger partial charge in [0.25, 0.3) is 0 Å². The summed E-state index contributed by atoms with van der Waals surface area (Å²) < 4.78 is 10.7. The number of aliphatic imine (C=N–C) groups is 1. The van der Waals surface area contributed by atoms with Crippen LogP contribution in [-0.2, 0) is 4.74 Å². The number of aromatic hydroxyl groups is 1. The first-order valence-corrected chi connectivity index (χ1v) is 9.04. The van der Waals surface area contributed by atoms with Gasteiger partial charge in [-0.2, -0.15) is 0 Å². The summed E-state index contributed by atoms with van der Waals surface area (Å²) in [4.78, 5) is 6.40. The van der Waals surface area contributed by atoms with Crippen LogP contribution in [0.3, 0.4) is 0 Å². The van der Waals surface area contributed by atoms with E-state index in [1.165, 1.54) is 32.1 Å². The molecule has 2 fully saturated rings. The number of morpholine rings is 1. The second-order valence-corrected chi connectivity index (χ2v) is 6.92. The first-order chi connectivity index (χ1) is 11.7. The first kappa shape index (κ1) is 17.2. The number of nitrogens with one attached hydrogen (secondary N) is 1. The van der Waals surface area contributed by atoms with E-state index >= 15 is 0 Å². The molecule has 0 unspecified atom stereocenters. The smallest absolute Gasteiger partial charge is 0.166 e. The Balaban J connectivity index is 1.73. The summed E-state index contributed by atoms with van der Waals surface area (Å²) in [6.07, 6.45) is 8.21. The van der Waals surface area contributed by atoms with Crippen molar-refractivity contribution in [1.29, 1.82) is 0 Å². The molecule has 1 aliphatic heterocycles. The second-order valence-electron chi connectivity index (χ2n) is 6.92. The molecule has 0 radical (unpaired) electrons. The summed E-state index contributed by atoms with van der Waals surface area (Å²) in [7, 11) is 1.56. The zero-order valence-corrected chi connectivity index (χ0v) is 14.6. The van der Waals surface area contributed by atoms with Gasteiger partial charge in [-0.15, -0.1) is 0 Å². The predicted molar refractivity (Wildman–Crippen MR) is 94.5 cm³/mol. The zero-order chi connectivity index (χ0) is 16.8. The van der Waals surface area contributed by atoms with E-state index in [-0.39, 0.29) is 11.3 Å². The summed E-state index contributed by atoms with van der Waals surface area (Å²) in [6.45, 7) is 4.70. The Morgan fingerprint density at radius 3 is 2.71 bits per heavy atom. The molecule has 1 heterocycles. The molecule has 5 heteroatoms. The molecule has 1 aliphatic carbocycles. The second kappa shape index (κ2) is 7.99. The van der Waals surface area contributed by atoms with Crippen molar-refractivity contribution in [1.82, 2.24) is 0 Å². The van der Waals surface area contributed by atoms with Gasteiger partial charge in [-0.1, -0.05) is 12.5 Å². The molecule has 1 aromatic rings. The van der Waals surface area contributed by atoms with Crippen LogP contribution in [-0.4, -0.2) is 56.8 Å². The number of nitrogens with zero attached hydrogens (tertiary/aromatic N) is 1. The van der Waals surface area contributed by atoms with Crippen molar-refractivity contribution in [3.8, 4) is 11.5 Å². The van der Waals surface area contributed by atoms with Crippen LogP contribution in [0.2, 0.25) is 0 Å². The Kier molecular flexibility index (Phi) is 5.74. The normalized spacial score (nSPS) is 21.9. The van der Waals surface area contributed by atoms with E-state index in [0.717, 1.165) is 38.4 Å².